The Morgan fingerprint density at radius 2 is 1.33 bits per heavy atom. The minimum absolute atomic E-state index is 1.08. The van der Waals surface area contributed by atoms with Gasteiger partial charge in [0.25, 0.3) is 0 Å². The zero-order valence-electron chi connectivity index (χ0n) is 9.23. The molecule has 0 atom stereocenters. The van der Waals surface area contributed by atoms with Crippen LogP contribution in [0.25, 0.3) is 0 Å². The third kappa shape index (κ3) is 53.2. The summed E-state index contributed by atoms with van der Waals surface area (Å²) in [5, 5.41) is 0. The van der Waals surface area contributed by atoms with E-state index in [1.165, 1.54) is 38.5 Å². The summed E-state index contributed by atoms with van der Waals surface area (Å²) >= 11 is 0. The highest BCUT2D eigenvalue weighted by Crippen LogP contribution is 2.14. The van der Waals surface area contributed by atoms with Crippen LogP contribution >= 0.6 is 0 Å². The minimum atomic E-state index is 1.08. The van der Waals surface area contributed by atoms with E-state index in [4.69, 9.17) is 0 Å². The van der Waals surface area contributed by atoms with Gasteiger partial charge in [0, 0.05) is 0 Å². The number of hydrogen-bond donors (Lipinski definition) is 0. The van der Waals surface area contributed by atoms with Crippen molar-refractivity contribution in [2.24, 2.45) is 0 Å². The zero-order valence-corrected chi connectivity index (χ0v) is 9.23. The second-order valence-electron chi connectivity index (χ2n) is 3.11. The van der Waals surface area contributed by atoms with Crippen molar-refractivity contribution in [2.45, 2.75) is 65.7 Å². The average molecular weight is 170 g/mol. The lowest BCUT2D eigenvalue weighted by Crippen LogP contribution is -1.59. The SMILES string of the molecule is C1CC1.C=CCC.CCCCC. The lowest BCUT2D eigenvalue weighted by molar-refractivity contribution is 0.772. The molecule has 1 aliphatic carbocycles. The number of hydrogen-bond acceptors (Lipinski definition) is 0. The quantitative estimate of drug-likeness (QED) is 0.526. The maximum absolute atomic E-state index is 3.48. The van der Waals surface area contributed by atoms with Crippen LogP contribution in [0.4, 0.5) is 0 Å². The van der Waals surface area contributed by atoms with Gasteiger partial charge >= 0.3 is 0 Å². The standard InChI is InChI=1S/C5H12.C4H8.C3H6/c1-3-5-4-2;1-3-4-2;1-2-3-1/h3-5H2,1-2H3;3H,1,4H2,2H3;1-3H2. The largest absolute Gasteiger partial charge is 0.103 e. The Morgan fingerprint density at radius 3 is 1.33 bits per heavy atom. The van der Waals surface area contributed by atoms with Crippen molar-refractivity contribution in [3.63, 3.8) is 0 Å². The normalized spacial score (nSPS) is 11.6. The Balaban J connectivity index is 0. The first-order valence-electron chi connectivity index (χ1n) is 5.44. The van der Waals surface area contributed by atoms with Gasteiger partial charge in [0.2, 0.25) is 0 Å². The van der Waals surface area contributed by atoms with E-state index in [1.54, 1.807) is 0 Å². The summed E-state index contributed by atoms with van der Waals surface area (Å²) in [7, 11) is 0. The van der Waals surface area contributed by atoms with Crippen LogP contribution in [0.5, 0.6) is 0 Å². The monoisotopic (exact) mass is 170 g/mol. The van der Waals surface area contributed by atoms with Crippen molar-refractivity contribution in [3.8, 4) is 0 Å². The fraction of sp³-hybridized carbons (Fsp3) is 0.833. The van der Waals surface area contributed by atoms with E-state index in [9.17, 15) is 0 Å². The van der Waals surface area contributed by atoms with E-state index >= 15 is 0 Å². The van der Waals surface area contributed by atoms with Crippen molar-refractivity contribution < 1.29 is 0 Å². The smallest absolute Gasteiger partial charge is 0.0382 e. The predicted octanol–water partition coefficient (Wildman–Crippen LogP) is 4.95. The Labute approximate surface area is 79.1 Å². The molecule has 0 amide bonds. The summed E-state index contributed by atoms with van der Waals surface area (Å²) in [6.07, 6.45) is 11.5. The summed E-state index contributed by atoms with van der Waals surface area (Å²) in [4.78, 5) is 0. The van der Waals surface area contributed by atoms with Crippen LogP contribution in [-0.2, 0) is 0 Å². The van der Waals surface area contributed by atoms with Crippen molar-refractivity contribution in [1.29, 1.82) is 0 Å². The van der Waals surface area contributed by atoms with E-state index in [2.05, 4.69) is 27.4 Å². The van der Waals surface area contributed by atoms with Crippen LogP contribution in [0.3, 0.4) is 0 Å². The lowest BCUT2D eigenvalue weighted by Gasteiger charge is -1.79. The van der Waals surface area contributed by atoms with Crippen molar-refractivity contribution in [3.05, 3.63) is 12.7 Å². The van der Waals surface area contributed by atoms with Gasteiger partial charge in [-0.2, -0.15) is 0 Å². The molecule has 12 heavy (non-hydrogen) atoms. The first-order chi connectivity index (χ1) is 5.83. The van der Waals surface area contributed by atoms with E-state index in [0.717, 1.165) is 6.42 Å². The first kappa shape index (κ1) is 14.3. The van der Waals surface area contributed by atoms with Crippen LogP contribution in [0.15, 0.2) is 12.7 Å². The Morgan fingerprint density at radius 1 is 1.00 bits per heavy atom. The molecule has 1 saturated carbocycles. The van der Waals surface area contributed by atoms with Crippen molar-refractivity contribution in [1.82, 2.24) is 0 Å². The van der Waals surface area contributed by atoms with E-state index in [1.807, 2.05) is 6.08 Å². The fourth-order valence-electron chi connectivity index (χ4n) is 0.354. The molecule has 0 bridgehead atoms. The third-order valence-corrected chi connectivity index (χ3v) is 1.35. The van der Waals surface area contributed by atoms with E-state index in [-0.39, 0.29) is 0 Å². The molecule has 1 rings (SSSR count). The zero-order chi connectivity index (χ0) is 9.66. The van der Waals surface area contributed by atoms with Gasteiger partial charge in [-0.1, -0.05) is 65.4 Å². The van der Waals surface area contributed by atoms with Crippen LogP contribution in [0.1, 0.15) is 65.7 Å². The van der Waals surface area contributed by atoms with Gasteiger partial charge in [0.15, 0.2) is 0 Å². The van der Waals surface area contributed by atoms with Gasteiger partial charge < -0.3 is 0 Å². The molecular weight excluding hydrogens is 144 g/mol. The van der Waals surface area contributed by atoms with Crippen molar-refractivity contribution >= 4 is 0 Å². The molecule has 0 aliphatic heterocycles. The maximum Gasteiger partial charge on any atom is -0.0382 e. The minimum Gasteiger partial charge on any atom is -0.103 e. The fourth-order valence-corrected chi connectivity index (χ4v) is 0.354. The van der Waals surface area contributed by atoms with Crippen LogP contribution in [0, 0.1) is 0 Å². The molecule has 0 unspecified atom stereocenters. The van der Waals surface area contributed by atoms with E-state index < -0.39 is 0 Å². The molecule has 0 N–H and O–H groups in total. The summed E-state index contributed by atoms with van der Waals surface area (Å²) in [6.45, 7) is 9.97. The molecule has 0 aromatic carbocycles. The molecule has 0 radical (unpaired) electrons. The van der Waals surface area contributed by atoms with Gasteiger partial charge in [-0.05, 0) is 6.42 Å². The molecule has 0 heteroatoms. The van der Waals surface area contributed by atoms with Gasteiger partial charge in [-0.3, -0.25) is 0 Å². The van der Waals surface area contributed by atoms with Crippen LogP contribution in [0.2, 0.25) is 0 Å². The Hall–Kier alpha value is -0.260. The summed E-state index contributed by atoms with van der Waals surface area (Å²) in [6, 6.07) is 0. The molecule has 0 saturated heterocycles. The molecular formula is C12H26. The van der Waals surface area contributed by atoms with Crippen LogP contribution < -0.4 is 0 Å². The maximum atomic E-state index is 3.48. The molecule has 0 aromatic heterocycles. The van der Waals surface area contributed by atoms with E-state index in [0.29, 0.717) is 0 Å². The van der Waals surface area contributed by atoms with Gasteiger partial charge in [-0.25, -0.2) is 0 Å². The highest BCUT2D eigenvalue weighted by molar-refractivity contribution is 4.60. The highest BCUT2D eigenvalue weighted by Gasteiger charge is 1.95. The van der Waals surface area contributed by atoms with Gasteiger partial charge in [0.1, 0.15) is 0 Å². The molecule has 0 nitrogen and oxygen atoms in total. The molecule has 1 fully saturated rings. The van der Waals surface area contributed by atoms with Gasteiger partial charge in [0.05, 0.1) is 0 Å². The Bertz CT molecular complexity index is 57.7. The van der Waals surface area contributed by atoms with Gasteiger partial charge in [-0.15, -0.1) is 6.58 Å². The molecule has 0 heterocycles. The lowest BCUT2D eigenvalue weighted by atomic mass is 10.3. The summed E-state index contributed by atoms with van der Waals surface area (Å²) in [5.41, 5.74) is 0. The predicted molar refractivity (Wildman–Crippen MR) is 59.5 cm³/mol. The average Bonchev–Trinajstić information content (AvgIpc) is 2.92. The Kier molecular flexibility index (Phi) is 20.2. The van der Waals surface area contributed by atoms with Crippen molar-refractivity contribution in [2.75, 3.05) is 0 Å². The number of allylic oxidation sites excluding steroid dienone is 1. The second-order valence-corrected chi connectivity index (χ2v) is 3.11. The molecule has 1 aliphatic rings. The number of rotatable bonds is 3. The summed E-state index contributed by atoms with van der Waals surface area (Å²) < 4.78 is 0. The first-order valence-corrected chi connectivity index (χ1v) is 5.44. The van der Waals surface area contributed by atoms with Crippen LogP contribution in [-0.4, -0.2) is 0 Å². The number of unbranched alkanes of at least 4 members (excludes halogenated alkanes) is 2. The molecule has 0 aromatic rings. The highest BCUT2D eigenvalue weighted by atomic mass is 14.0. The second kappa shape index (κ2) is 17.0. The molecule has 74 valence electrons. The third-order valence-electron chi connectivity index (χ3n) is 1.35. The molecule has 0 spiro atoms. The summed E-state index contributed by atoms with van der Waals surface area (Å²) in [5.74, 6) is 0. The topological polar surface area (TPSA) is 0 Å².